The van der Waals surface area contributed by atoms with E-state index in [1.165, 1.54) is 0 Å². The Kier molecular flexibility index (Phi) is 7.36. The molecule has 9 nitrogen and oxygen atoms in total. The fraction of sp³-hybridized carbons (Fsp3) is 0.586. The topological polar surface area (TPSA) is 89.1 Å². The van der Waals surface area contributed by atoms with E-state index in [2.05, 4.69) is 82.7 Å². The largest absolute Gasteiger partial charge is 0.414 e. The van der Waals surface area contributed by atoms with E-state index in [0.717, 1.165) is 16.7 Å². The van der Waals surface area contributed by atoms with Crippen molar-refractivity contribution in [2.24, 2.45) is 0 Å². The first kappa shape index (κ1) is 29.1. The number of hydrogen-bond acceptors (Lipinski definition) is 7. The fourth-order valence-electron chi connectivity index (χ4n) is 4.56. The van der Waals surface area contributed by atoms with Gasteiger partial charge >= 0.3 is 0 Å². The molecule has 11 heteroatoms. The Morgan fingerprint density at radius 1 is 0.900 bits per heavy atom. The molecule has 3 atom stereocenters. The van der Waals surface area contributed by atoms with E-state index in [1.807, 2.05) is 39.7 Å². The molecule has 0 unspecified atom stereocenters. The van der Waals surface area contributed by atoms with Crippen molar-refractivity contribution in [3.63, 3.8) is 0 Å². The van der Waals surface area contributed by atoms with Crippen LogP contribution in [0.5, 0.6) is 0 Å². The zero-order valence-electron chi connectivity index (χ0n) is 25.6. The van der Waals surface area contributed by atoms with Crippen molar-refractivity contribution in [2.75, 3.05) is 6.61 Å². The summed E-state index contributed by atoms with van der Waals surface area (Å²) in [6, 6.07) is 8.00. The molecule has 1 saturated heterocycles. The molecule has 5 rings (SSSR count). The monoisotopic (exact) mass is 580 g/mol. The number of rotatable bonds is 7. The van der Waals surface area contributed by atoms with Gasteiger partial charge in [0.15, 0.2) is 33.6 Å². The molecular weight excluding hydrogens is 537 g/mol. The van der Waals surface area contributed by atoms with Crippen molar-refractivity contribution in [3.05, 3.63) is 43.2 Å². The number of ether oxygens (including phenoxy) is 1. The lowest BCUT2D eigenvalue weighted by Gasteiger charge is -2.40. The third-order valence-electron chi connectivity index (χ3n) is 9.18. The first-order valence-corrected chi connectivity index (χ1v) is 20.0. The van der Waals surface area contributed by atoms with E-state index >= 15 is 0 Å². The average Bonchev–Trinajstić information content (AvgIpc) is 3.57. The summed E-state index contributed by atoms with van der Waals surface area (Å²) in [5.41, 5.74) is 3.31. The van der Waals surface area contributed by atoms with Gasteiger partial charge in [-0.25, -0.2) is 19.9 Å². The highest BCUT2D eigenvalue weighted by Crippen LogP contribution is 2.43. The minimum atomic E-state index is -2.05. The number of nitrogens with zero attached hydrogens (tertiary/aromatic N) is 6. The second-order valence-corrected chi connectivity index (χ2v) is 23.5. The third-order valence-corrected chi connectivity index (χ3v) is 18.2. The molecule has 0 spiro atoms. The maximum Gasteiger partial charge on any atom is 0.192 e. The SMILES string of the molecule is CC(C)(C)[Si](C)(C)OC[C@H]1O[C@@H](n2cnc3c(-n4cnc5ccccc54)ncnc32)C[C@@H]1O[Si](C)(C)C(C)(C)C. The third kappa shape index (κ3) is 5.29. The Balaban J connectivity index is 1.47. The summed E-state index contributed by atoms with van der Waals surface area (Å²) in [6.45, 7) is 23.3. The van der Waals surface area contributed by atoms with Gasteiger partial charge in [0.25, 0.3) is 0 Å². The van der Waals surface area contributed by atoms with Gasteiger partial charge in [-0.1, -0.05) is 53.7 Å². The maximum atomic E-state index is 6.97. The summed E-state index contributed by atoms with van der Waals surface area (Å²) in [5.74, 6) is 0.697. The van der Waals surface area contributed by atoms with Crippen molar-refractivity contribution in [2.45, 2.75) is 103 Å². The summed E-state index contributed by atoms with van der Waals surface area (Å²) < 4.78 is 24.3. The molecule has 0 bridgehead atoms. The number of fused-ring (bicyclic) bond motifs is 2. The van der Waals surface area contributed by atoms with E-state index in [9.17, 15) is 0 Å². The molecule has 1 fully saturated rings. The van der Waals surface area contributed by atoms with E-state index in [1.54, 1.807) is 12.7 Å². The number of para-hydroxylation sites is 2. The summed E-state index contributed by atoms with van der Waals surface area (Å²) in [5, 5.41) is 0.208. The zero-order valence-corrected chi connectivity index (χ0v) is 27.6. The summed E-state index contributed by atoms with van der Waals surface area (Å²) in [7, 11) is -4.01. The highest BCUT2D eigenvalue weighted by atomic mass is 28.4. The number of benzene rings is 1. The van der Waals surface area contributed by atoms with Crippen LogP contribution in [-0.2, 0) is 13.6 Å². The molecule has 216 valence electrons. The van der Waals surface area contributed by atoms with E-state index in [-0.39, 0.29) is 28.5 Å². The molecule has 0 aliphatic carbocycles. The Labute approximate surface area is 239 Å². The van der Waals surface area contributed by atoms with Gasteiger partial charge in [0, 0.05) is 6.42 Å². The van der Waals surface area contributed by atoms with Crippen LogP contribution in [0.4, 0.5) is 0 Å². The standard InChI is InChI=1S/C29H44N6O3Si2/c1-28(2,3)39(7,8)36-16-23-22(38-40(9,10)29(4,5)6)15-24(37-23)35-19-33-25-26(30-17-31-27(25)35)34-18-32-20-13-11-12-14-21(20)34/h11-14,17-19,22-24H,15-16H2,1-10H3/t22-,23+,24+/m0/s1. The molecule has 1 aliphatic rings. The zero-order chi connectivity index (χ0) is 29.1. The molecule has 3 aromatic heterocycles. The number of aromatic nitrogens is 6. The molecule has 0 amide bonds. The van der Waals surface area contributed by atoms with Gasteiger partial charge in [-0.15, -0.1) is 0 Å². The number of hydrogen-bond donors (Lipinski definition) is 0. The van der Waals surface area contributed by atoms with Crippen LogP contribution in [-0.4, -0.2) is 64.5 Å². The van der Waals surface area contributed by atoms with Crippen LogP contribution in [0.25, 0.3) is 28.0 Å². The molecular formula is C29H44N6O3Si2. The Morgan fingerprint density at radius 3 is 2.30 bits per heavy atom. The lowest BCUT2D eigenvalue weighted by Crippen LogP contribution is -2.48. The van der Waals surface area contributed by atoms with Crippen molar-refractivity contribution in [1.82, 2.24) is 29.1 Å². The summed E-state index contributed by atoms with van der Waals surface area (Å²) in [6.07, 6.45) is 5.37. The van der Waals surface area contributed by atoms with Crippen molar-refractivity contribution in [3.8, 4) is 5.82 Å². The minimum Gasteiger partial charge on any atom is -0.414 e. The van der Waals surface area contributed by atoms with Crippen LogP contribution >= 0.6 is 0 Å². The first-order chi connectivity index (χ1) is 18.6. The Hall–Kier alpha value is -2.45. The van der Waals surface area contributed by atoms with E-state index in [4.69, 9.17) is 18.6 Å². The van der Waals surface area contributed by atoms with Crippen molar-refractivity contribution < 1.29 is 13.6 Å². The lowest BCUT2D eigenvalue weighted by molar-refractivity contribution is -0.0383. The van der Waals surface area contributed by atoms with Gasteiger partial charge < -0.3 is 13.6 Å². The molecule has 0 N–H and O–H groups in total. The van der Waals surface area contributed by atoms with Gasteiger partial charge in [0.2, 0.25) is 0 Å². The average molecular weight is 581 g/mol. The second-order valence-electron chi connectivity index (χ2n) is 14.0. The Bertz CT molecular complexity index is 1500. The fourth-order valence-corrected chi connectivity index (χ4v) is 6.93. The maximum absolute atomic E-state index is 6.97. The molecule has 0 saturated carbocycles. The molecule has 40 heavy (non-hydrogen) atoms. The highest BCUT2D eigenvalue weighted by molar-refractivity contribution is 6.74. The van der Waals surface area contributed by atoms with Gasteiger partial charge in [-0.3, -0.25) is 9.13 Å². The normalized spacial score (nSPS) is 21.1. The van der Waals surface area contributed by atoms with E-state index < -0.39 is 16.6 Å². The van der Waals surface area contributed by atoms with Crippen LogP contribution in [0.15, 0.2) is 43.2 Å². The van der Waals surface area contributed by atoms with Crippen LogP contribution in [0.1, 0.15) is 54.2 Å². The van der Waals surface area contributed by atoms with Crippen LogP contribution in [0.3, 0.4) is 0 Å². The summed E-state index contributed by atoms with van der Waals surface area (Å²) in [4.78, 5) is 18.5. The Morgan fingerprint density at radius 2 is 1.60 bits per heavy atom. The smallest absolute Gasteiger partial charge is 0.192 e. The minimum absolute atomic E-state index is 0.0768. The van der Waals surface area contributed by atoms with Crippen molar-refractivity contribution in [1.29, 1.82) is 0 Å². The quantitative estimate of drug-likeness (QED) is 0.221. The molecule has 4 heterocycles. The van der Waals surface area contributed by atoms with Gasteiger partial charge in [0.05, 0.1) is 30.1 Å². The van der Waals surface area contributed by atoms with Gasteiger partial charge in [0.1, 0.15) is 25.0 Å². The second kappa shape index (κ2) is 10.1. The van der Waals surface area contributed by atoms with Crippen molar-refractivity contribution >= 4 is 38.8 Å². The predicted octanol–water partition coefficient (Wildman–Crippen LogP) is 6.86. The predicted molar refractivity (Wildman–Crippen MR) is 164 cm³/mol. The first-order valence-electron chi connectivity index (χ1n) is 14.2. The van der Waals surface area contributed by atoms with E-state index in [0.29, 0.717) is 24.4 Å². The molecule has 0 radical (unpaired) electrons. The number of imidazole rings is 2. The van der Waals surface area contributed by atoms with Gasteiger partial charge in [-0.2, -0.15) is 0 Å². The van der Waals surface area contributed by atoms with Gasteiger partial charge in [-0.05, 0) is 48.4 Å². The van der Waals surface area contributed by atoms with Crippen LogP contribution in [0, 0.1) is 0 Å². The molecule has 4 aromatic rings. The highest BCUT2D eigenvalue weighted by Gasteiger charge is 2.47. The summed E-state index contributed by atoms with van der Waals surface area (Å²) >= 11 is 0. The molecule has 1 aliphatic heterocycles. The van der Waals surface area contributed by atoms with Crippen LogP contribution < -0.4 is 0 Å². The molecule has 1 aromatic carbocycles. The lowest BCUT2D eigenvalue weighted by atomic mass is 10.2. The van der Waals surface area contributed by atoms with Crippen LogP contribution in [0.2, 0.25) is 36.3 Å².